The second-order valence-corrected chi connectivity index (χ2v) is 6.30. The minimum atomic E-state index is 0.820. The van der Waals surface area contributed by atoms with Crippen LogP contribution in [0.5, 0.6) is 11.5 Å². The van der Waals surface area contributed by atoms with Crippen molar-refractivity contribution in [3.8, 4) is 11.5 Å². The van der Waals surface area contributed by atoms with Gasteiger partial charge in [-0.15, -0.1) is 0 Å². The van der Waals surface area contributed by atoms with Gasteiger partial charge in [-0.3, -0.25) is 4.90 Å². The summed E-state index contributed by atoms with van der Waals surface area (Å²) in [4.78, 5) is 4.78. The zero-order valence-electron chi connectivity index (χ0n) is 14.2. The number of nitrogens with zero attached hydrogens (tertiary/aromatic N) is 2. The fourth-order valence-corrected chi connectivity index (χ4v) is 3.36. The molecule has 24 heavy (non-hydrogen) atoms. The maximum atomic E-state index is 6.31. The summed E-state index contributed by atoms with van der Waals surface area (Å²) in [6, 6.07) is 14.0. The van der Waals surface area contributed by atoms with Crippen LogP contribution in [0.15, 0.2) is 42.5 Å². The molecule has 1 saturated heterocycles. The molecule has 0 aromatic heterocycles. The van der Waals surface area contributed by atoms with E-state index in [-0.39, 0.29) is 0 Å². The number of rotatable bonds is 5. The van der Waals surface area contributed by atoms with Crippen LogP contribution in [0, 0.1) is 0 Å². The maximum absolute atomic E-state index is 6.31. The minimum Gasteiger partial charge on any atom is -0.497 e. The fourth-order valence-electron chi connectivity index (χ4n) is 3.10. The normalized spacial score (nSPS) is 15.4. The minimum absolute atomic E-state index is 0.820. The molecule has 2 aromatic carbocycles. The van der Waals surface area contributed by atoms with Gasteiger partial charge in [0.1, 0.15) is 11.5 Å². The van der Waals surface area contributed by atoms with Crippen molar-refractivity contribution >= 4 is 17.3 Å². The number of ether oxygens (including phenoxy) is 2. The van der Waals surface area contributed by atoms with E-state index in [2.05, 4.69) is 21.9 Å². The topological polar surface area (TPSA) is 24.9 Å². The lowest BCUT2D eigenvalue weighted by Gasteiger charge is -2.36. The van der Waals surface area contributed by atoms with Gasteiger partial charge in [-0.25, -0.2) is 0 Å². The van der Waals surface area contributed by atoms with Crippen LogP contribution in [0.4, 0.5) is 5.69 Å². The molecule has 0 amide bonds. The molecular formula is C19H23ClN2O2. The molecule has 1 aliphatic rings. The van der Waals surface area contributed by atoms with Gasteiger partial charge in [0.05, 0.1) is 24.9 Å². The molecular weight excluding hydrogens is 324 g/mol. The number of methoxy groups -OCH3 is 2. The first-order valence-corrected chi connectivity index (χ1v) is 8.52. The van der Waals surface area contributed by atoms with E-state index in [4.69, 9.17) is 21.1 Å². The first-order valence-electron chi connectivity index (χ1n) is 8.14. The predicted molar refractivity (Wildman–Crippen MR) is 98.5 cm³/mol. The zero-order valence-corrected chi connectivity index (χ0v) is 14.9. The van der Waals surface area contributed by atoms with Gasteiger partial charge in [0.2, 0.25) is 0 Å². The van der Waals surface area contributed by atoms with Gasteiger partial charge in [0.25, 0.3) is 0 Å². The van der Waals surface area contributed by atoms with Crippen molar-refractivity contribution in [3.63, 3.8) is 0 Å². The number of para-hydroxylation sites is 1. The smallest absolute Gasteiger partial charge is 0.123 e. The van der Waals surface area contributed by atoms with Crippen molar-refractivity contribution in [1.82, 2.24) is 4.90 Å². The average molecular weight is 347 g/mol. The fraction of sp³-hybridized carbons (Fsp3) is 0.368. The number of hydrogen-bond acceptors (Lipinski definition) is 4. The Bertz CT molecular complexity index is 685. The first kappa shape index (κ1) is 16.9. The number of piperazine rings is 1. The Balaban J connectivity index is 1.64. The van der Waals surface area contributed by atoms with E-state index in [9.17, 15) is 0 Å². The third-order valence-electron chi connectivity index (χ3n) is 4.45. The van der Waals surface area contributed by atoms with Gasteiger partial charge >= 0.3 is 0 Å². The van der Waals surface area contributed by atoms with E-state index < -0.39 is 0 Å². The molecule has 128 valence electrons. The van der Waals surface area contributed by atoms with Crippen LogP contribution in [0.25, 0.3) is 0 Å². The highest BCUT2D eigenvalue weighted by Crippen LogP contribution is 2.28. The van der Waals surface area contributed by atoms with E-state index in [1.165, 1.54) is 0 Å². The Hall–Kier alpha value is -1.91. The largest absolute Gasteiger partial charge is 0.497 e. The molecule has 3 rings (SSSR count). The maximum Gasteiger partial charge on any atom is 0.123 e. The Morgan fingerprint density at radius 1 is 0.958 bits per heavy atom. The van der Waals surface area contributed by atoms with Crippen molar-refractivity contribution in [3.05, 3.63) is 53.1 Å². The first-order chi connectivity index (χ1) is 11.7. The molecule has 1 fully saturated rings. The second-order valence-electron chi connectivity index (χ2n) is 5.89. The Morgan fingerprint density at radius 2 is 1.71 bits per heavy atom. The monoisotopic (exact) mass is 346 g/mol. The summed E-state index contributed by atoms with van der Waals surface area (Å²) in [5, 5.41) is 0.820. The quantitative estimate of drug-likeness (QED) is 0.824. The van der Waals surface area contributed by atoms with Gasteiger partial charge < -0.3 is 14.4 Å². The van der Waals surface area contributed by atoms with Gasteiger partial charge in [0, 0.05) is 38.3 Å². The lowest BCUT2D eigenvalue weighted by atomic mass is 10.1. The highest BCUT2D eigenvalue weighted by Gasteiger charge is 2.20. The van der Waals surface area contributed by atoms with Gasteiger partial charge in [-0.2, -0.15) is 0 Å². The SMILES string of the molecule is COc1ccc(OC)c(CN2CCN(c3ccccc3Cl)CC2)c1. The molecule has 1 aliphatic heterocycles. The Morgan fingerprint density at radius 3 is 2.38 bits per heavy atom. The van der Waals surface area contributed by atoms with Crippen molar-refractivity contribution < 1.29 is 9.47 Å². The zero-order chi connectivity index (χ0) is 16.9. The second kappa shape index (κ2) is 7.77. The molecule has 0 radical (unpaired) electrons. The van der Waals surface area contributed by atoms with Gasteiger partial charge in [-0.05, 0) is 30.3 Å². The molecule has 0 atom stereocenters. The van der Waals surface area contributed by atoms with Gasteiger partial charge in [0.15, 0.2) is 0 Å². The Labute approximate surface area is 148 Å². The third kappa shape index (κ3) is 3.77. The highest BCUT2D eigenvalue weighted by molar-refractivity contribution is 6.33. The standard InChI is InChI=1S/C19H23ClN2O2/c1-23-16-7-8-19(24-2)15(13-16)14-21-9-11-22(12-10-21)18-6-4-3-5-17(18)20/h3-8,13H,9-12,14H2,1-2H3. The summed E-state index contributed by atoms with van der Waals surface area (Å²) in [6.45, 7) is 4.78. The van der Waals surface area contributed by atoms with Crippen LogP contribution < -0.4 is 14.4 Å². The van der Waals surface area contributed by atoms with Crippen LogP contribution in [0.2, 0.25) is 5.02 Å². The summed E-state index contributed by atoms with van der Waals surface area (Å²) in [5.41, 5.74) is 2.28. The van der Waals surface area contributed by atoms with Crippen LogP contribution in [0.3, 0.4) is 0 Å². The van der Waals surface area contributed by atoms with Crippen molar-refractivity contribution in [2.75, 3.05) is 45.3 Å². The average Bonchev–Trinajstić information content (AvgIpc) is 2.63. The predicted octanol–water partition coefficient (Wildman–Crippen LogP) is 3.68. The number of anilines is 1. The molecule has 1 heterocycles. The molecule has 0 spiro atoms. The summed E-state index contributed by atoms with van der Waals surface area (Å²) in [7, 11) is 3.40. The summed E-state index contributed by atoms with van der Waals surface area (Å²) < 4.78 is 10.8. The molecule has 0 bridgehead atoms. The van der Waals surface area contributed by atoms with E-state index in [1.807, 2.05) is 30.3 Å². The van der Waals surface area contributed by atoms with E-state index in [0.29, 0.717) is 0 Å². The molecule has 5 heteroatoms. The molecule has 0 saturated carbocycles. The van der Waals surface area contributed by atoms with Gasteiger partial charge in [-0.1, -0.05) is 23.7 Å². The van der Waals surface area contributed by atoms with Crippen LogP contribution >= 0.6 is 11.6 Å². The lowest BCUT2D eigenvalue weighted by Crippen LogP contribution is -2.46. The van der Waals surface area contributed by atoms with E-state index in [0.717, 1.165) is 60.5 Å². The number of hydrogen-bond donors (Lipinski definition) is 0. The van der Waals surface area contributed by atoms with Crippen molar-refractivity contribution in [2.45, 2.75) is 6.54 Å². The summed E-state index contributed by atoms with van der Waals surface area (Å²) in [5.74, 6) is 1.77. The van der Waals surface area contributed by atoms with Crippen molar-refractivity contribution in [1.29, 1.82) is 0 Å². The van der Waals surface area contributed by atoms with E-state index in [1.54, 1.807) is 14.2 Å². The third-order valence-corrected chi connectivity index (χ3v) is 4.77. The lowest BCUT2D eigenvalue weighted by molar-refractivity contribution is 0.245. The van der Waals surface area contributed by atoms with Crippen LogP contribution in [0.1, 0.15) is 5.56 Å². The Kier molecular flexibility index (Phi) is 5.48. The number of halogens is 1. The van der Waals surface area contributed by atoms with E-state index >= 15 is 0 Å². The van der Waals surface area contributed by atoms with Crippen LogP contribution in [-0.4, -0.2) is 45.3 Å². The highest BCUT2D eigenvalue weighted by atomic mass is 35.5. The number of benzene rings is 2. The molecule has 4 nitrogen and oxygen atoms in total. The summed E-state index contributed by atoms with van der Waals surface area (Å²) >= 11 is 6.31. The molecule has 0 aliphatic carbocycles. The molecule has 0 N–H and O–H groups in total. The summed E-state index contributed by atoms with van der Waals surface area (Å²) in [6.07, 6.45) is 0. The molecule has 2 aromatic rings. The van der Waals surface area contributed by atoms with Crippen LogP contribution in [-0.2, 0) is 6.54 Å². The molecule has 0 unspecified atom stereocenters. The van der Waals surface area contributed by atoms with Crippen molar-refractivity contribution in [2.24, 2.45) is 0 Å².